The monoisotopic (exact) mass is 241 g/mol. The highest BCUT2D eigenvalue weighted by atomic mass is 16.3. The summed E-state index contributed by atoms with van der Waals surface area (Å²) in [7, 11) is 0. The van der Waals surface area contributed by atoms with Crippen LogP contribution in [-0.4, -0.2) is 35.2 Å². The molecule has 0 radical (unpaired) electrons. The van der Waals surface area contributed by atoms with E-state index in [0.717, 1.165) is 32.0 Å². The van der Waals surface area contributed by atoms with Crippen molar-refractivity contribution in [2.75, 3.05) is 19.6 Å². The summed E-state index contributed by atoms with van der Waals surface area (Å²) in [5.74, 6) is 0.881. The van der Waals surface area contributed by atoms with E-state index < -0.39 is 5.60 Å². The number of hydrogen-bond donors (Lipinski definition) is 1. The van der Waals surface area contributed by atoms with Gasteiger partial charge in [-0.2, -0.15) is 0 Å². The van der Waals surface area contributed by atoms with Gasteiger partial charge in [-0.15, -0.1) is 0 Å². The first-order valence-corrected chi connectivity index (χ1v) is 7.52. The molecule has 1 aliphatic rings. The van der Waals surface area contributed by atoms with Crippen LogP contribution < -0.4 is 0 Å². The lowest BCUT2D eigenvalue weighted by Gasteiger charge is -2.32. The first-order chi connectivity index (χ1) is 8.07. The smallest absolute Gasteiger partial charge is 0.0746 e. The van der Waals surface area contributed by atoms with Crippen LogP contribution in [0.25, 0.3) is 0 Å². The van der Waals surface area contributed by atoms with E-state index in [-0.39, 0.29) is 0 Å². The lowest BCUT2D eigenvalue weighted by atomic mass is 9.83. The summed E-state index contributed by atoms with van der Waals surface area (Å²) in [5, 5.41) is 10.4. The molecule has 102 valence electrons. The maximum absolute atomic E-state index is 10.4. The van der Waals surface area contributed by atoms with Crippen LogP contribution in [0, 0.1) is 5.92 Å². The fourth-order valence-corrected chi connectivity index (χ4v) is 3.00. The molecular weight excluding hydrogens is 210 g/mol. The van der Waals surface area contributed by atoms with Gasteiger partial charge in [0.25, 0.3) is 0 Å². The van der Waals surface area contributed by atoms with E-state index in [1.807, 2.05) is 6.92 Å². The normalized spacial score (nSPS) is 21.7. The van der Waals surface area contributed by atoms with Crippen molar-refractivity contribution in [3.63, 3.8) is 0 Å². The summed E-state index contributed by atoms with van der Waals surface area (Å²) < 4.78 is 0. The summed E-state index contributed by atoms with van der Waals surface area (Å²) in [6.07, 6.45) is 9.20. The van der Waals surface area contributed by atoms with Crippen LogP contribution in [0.1, 0.15) is 65.7 Å². The molecule has 0 bridgehead atoms. The molecular formula is C15H31NO. The quantitative estimate of drug-likeness (QED) is 0.738. The Labute approximate surface area is 107 Å². The van der Waals surface area contributed by atoms with E-state index in [0.29, 0.717) is 0 Å². The lowest BCUT2D eigenvalue weighted by Crippen LogP contribution is -2.41. The van der Waals surface area contributed by atoms with Gasteiger partial charge in [-0.25, -0.2) is 0 Å². The van der Waals surface area contributed by atoms with E-state index >= 15 is 0 Å². The molecule has 0 saturated heterocycles. The largest absolute Gasteiger partial charge is 0.389 e. The Hall–Kier alpha value is -0.0800. The highest BCUT2D eigenvalue weighted by molar-refractivity contribution is 4.79. The van der Waals surface area contributed by atoms with Crippen molar-refractivity contribution in [2.24, 2.45) is 5.92 Å². The average Bonchev–Trinajstić information content (AvgIpc) is 2.35. The molecule has 17 heavy (non-hydrogen) atoms. The fourth-order valence-electron chi connectivity index (χ4n) is 3.00. The summed E-state index contributed by atoms with van der Waals surface area (Å²) in [6, 6.07) is 0. The molecule has 1 saturated carbocycles. The molecule has 1 fully saturated rings. The Kier molecular flexibility index (Phi) is 6.50. The number of aliphatic hydroxyl groups is 1. The van der Waals surface area contributed by atoms with Crippen LogP contribution in [0.2, 0.25) is 0 Å². The van der Waals surface area contributed by atoms with Gasteiger partial charge in [-0.05, 0) is 38.8 Å². The molecule has 2 nitrogen and oxygen atoms in total. The first kappa shape index (κ1) is 15.0. The Balaban J connectivity index is 2.27. The minimum absolute atomic E-state index is 0.497. The zero-order valence-electron chi connectivity index (χ0n) is 12.0. The molecule has 0 aromatic carbocycles. The Morgan fingerprint density at radius 2 is 1.71 bits per heavy atom. The lowest BCUT2D eigenvalue weighted by molar-refractivity contribution is 0.00861. The van der Waals surface area contributed by atoms with Gasteiger partial charge in [0, 0.05) is 6.54 Å². The zero-order chi connectivity index (χ0) is 12.7. The van der Waals surface area contributed by atoms with Crippen molar-refractivity contribution in [2.45, 2.75) is 71.3 Å². The second kappa shape index (κ2) is 7.38. The Morgan fingerprint density at radius 3 is 2.24 bits per heavy atom. The summed E-state index contributed by atoms with van der Waals surface area (Å²) in [6.45, 7) is 9.24. The van der Waals surface area contributed by atoms with Crippen LogP contribution in [-0.2, 0) is 0 Å². The standard InChI is InChI=1S/C15H31NO/c1-4-16(5-2)13-15(3,17)12-11-14-9-7-6-8-10-14/h14,17H,4-13H2,1-3H3. The van der Waals surface area contributed by atoms with Crippen LogP contribution in [0.5, 0.6) is 0 Å². The van der Waals surface area contributed by atoms with Gasteiger partial charge in [0.05, 0.1) is 5.60 Å². The predicted molar refractivity (Wildman–Crippen MR) is 74.2 cm³/mol. The summed E-state index contributed by atoms with van der Waals surface area (Å²) >= 11 is 0. The van der Waals surface area contributed by atoms with Gasteiger partial charge in [-0.1, -0.05) is 46.0 Å². The molecule has 1 unspecified atom stereocenters. The van der Waals surface area contributed by atoms with Crippen molar-refractivity contribution in [3.05, 3.63) is 0 Å². The maximum atomic E-state index is 10.4. The maximum Gasteiger partial charge on any atom is 0.0746 e. The fraction of sp³-hybridized carbons (Fsp3) is 1.00. The molecule has 0 aromatic rings. The Bertz CT molecular complexity index is 193. The van der Waals surface area contributed by atoms with Gasteiger partial charge in [0.15, 0.2) is 0 Å². The van der Waals surface area contributed by atoms with Gasteiger partial charge in [0.2, 0.25) is 0 Å². The SMILES string of the molecule is CCN(CC)CC(C)(O)CCC1CCCCC1. The van der Waals surface area contributed by atoms with Crippen LogP contribution in [0.3, 0.4) is 0 Å². The van der Waals surface area contributed by atoms with Crippen molar-refractivity contribution in [1.82, 2.24) is 4.90 Å². The van der Waals surface area contributed by atoms with Gasteiger partial charge >= 0.3 is 0 Å². The zero-order valence-corrected chi connectivity index (χ0v) is 12.0. The minimum atomic E-state index is -0.497. The molecule has 0 heterocycles. The third-order valence-electron chi connectivity index (χ3n) is 4.27. The summed E-state index contributed by atoms with van der Waals surface area (Å²) in [4.78, 5) is 2.32. The van der Waals surface area contributed by atoms with Crippen LogP contribution in [0.4, 0.5) is 0 Å². The molecule has 1 rings (SSSR count). The molecule has 2 heteroatoms. The van der Waals surface area contributed by atoms with Crippen LogP contribution >= 0.6 is 0 Å². The second-order valence-corrected chi connectivity index (χ2v) is 6.00. The molecule has 0 aromatic heterocycles. The van der Waals surface area contributed by atoms with E-state index in [9.17, 15) is 5.11 Å². The van der Waals surface area contributed by atoms with Gasteiger partial charge in [-0.3, -0.25) is 0 Å². The molecule has 0 spiro atoms. The molecule has 1 N–H and O–H groups in total. The van der Waals surface area contributed by atoms with Crippen molar-refractivity contribution in [3.8, 4) is 0 Å². The van der Waals surface area contributed by atoms with Gasteiger partial charge in [0.1, 0.15) is 0 Å². The number of likely N-dealkylation sites (N-methyl/N-ethyl adjacent to an activating group) is 1. The van der Waals surface area contributed by atoms with Gasteiger partial charge < -0.3 is 10.0 Å². The van der Waals surface area contributed by atoms with Crippen molar-refractivity contribution in [1.29, 1.82) is 0 Å². The topological polar surface area (TPSA) is 23.5 Å². The summed E-state index contributed by atoms with van der Waals surface area (Å²) in [5.41, 5.74) is -0.497. The highest BCUT2D eigenvalue weighted by Gasteiger charge is 2.24. The Morgan fingerprint density at radius 1 is 1.12 bits per heavy atom. The minimum Gasteiger partial charge on any atom is -0.389 e. The molecule has 1 atom stereocenters. The van der Waals surface area contributed by atoms with E-state index in [4.69, 9.17) is 0 Å². The number of nitrogens with zero attached hydrogens (tertiary/aromatic N) is 1. The second-order valence-electron chi connectivity index (χ2n) is 6.00. The van der Waals surface area contributed by atoms with Crippen molar-refractivity contribution >= 4 is 0 Å². The average molecular weight is 241 g/mol. The van der Waals surface area contributed by atoms with Crippen molar-refractivity contribution < 1.29 is 5.11 Å². The van der Waals surface area contributed by atoms with Crippen LogP contribution in [0.15, 0.2) is 0 Å². The highest BCUT2D eigenvalue weighted by Crippen LogP contribution is 2.29. The third-order valence-corrected chi connectivity index (χ3v) is 4.27. The van der Waals surface area contributed by atoms with E-state index in [2.05, 4.69) is 18.7 Å². The number of rotatable bonds is 7. The van der Waals surface area contributed by atoms with E-state index in [1.165, 1.54) is 38.5 Å². The third kappa shape index (κ3) is 5.87. The molecule has 0 amide bonds. The van der Waals surface area contributed by atoms with E-state index in [1.54, 1.807) is 0 Å². The molecule has 1 aliphatic carbocycles. The molecule has 0 aliphatic heterocycles. The number of hydrogen-bond acceptors (Lipinski definition) is 2. The first-order valence-electron chi connectivity index (χ1n) is 7.52. The predicted octanol–water partition coefficient (Wildman–Crippen LogP) is 3.44.